The van der Waals surface area contributed by atoms with Crippen molar-refractivity contribution in [1.29, 1.82) is 0 Å². The van der Waals surface area contributed by atoms with Gasteiger partial charge in [0.15, 0.2) is 0 Å². The maximum Gasteiger partial charge on any atom is 0.256 e. The van der Waals surface area contributed by atoms with Gasteiger partial charge in [0, 0.05) is 5.92 Å². The number of allylic oxidation sites excluding steroid dienone is 1. The minimum Gasteiger partial charge on any atom is -0.501 e. The summed E-state index contributed by atoms with van der Waals surface area (Å²) >= 11 is 4.65. The molecule has 16 heavy (non-hydrogen) atoms. The smallest absolute Gasteiger partial charge is 0.256 e. The van der Waals surface area contributed by atoms with Gasteiger partial charge in [0.25, 0.3) is 6.64 Å². The van der Waals surface area contributed by atoms with Crippen LogP contribution in [0.1, 0.15) is 20.8 Å². The first-order chi connectivity index (χ1) is 7.17. The van der Waals surface area contributed by atoms with Gasteiger partial charge in [0.2, 0.25) is 0 Å². The van der Waals surface area contributed by atoms with E-state index in [9.17, 15) is 4.89 Å². The van der Waals surface area contributed by atoms with Gasteiger partial charge in [-0.1, -0.05) is 20.4 Å². The molecule has 0 spiro atoms. The second-order valence-electron chi connectivity index (χ2n) is 3.86. The van der Waals surface area contributed by atoms with Crippen molar-refractivity contribution in [2.75, 3.05) is 7.11 Å². The van der Waals surface area contributed by atoms with E-state index in [-0.39, 0.29) is 5.92 Å². The lowest BCUT2D eigenvalue weighted by molar-refractivity contribution is 0.231. The van der Waals surface area contributed by atoms with Crippen LogP contribution in [0, 0.1) is 5.92 Å². The van der Waals surface area contributed by atoms with Gasteiger partial charge in [0.05, 0.1) is 12.9 Å². The van der Waals surface area contributed by atoms with E-state index in [0.29, 0.717) is 5.57 Å². The van der Waals surface area contributed by atoms with Crippen LogP contribution in [0.25, 0.3) is 0 Å². The summed E-state index contributed by atoms with van der Waals surface area (Å²) < 4.78 is 10.4. The van der Waals surface area contributed by atoms with E-state index in [1.165, 1.54) is 0 Å². The first-order valence-corrected chi connectivity index (χ1v) is 7.62. The van der Waals surface area contributed by atoms with Crippen LogP contribution in [0.15, 0.2) is 24.0 Å². The third-order valence-electron chi connectivity index (χ3n) is 1.87. The largest absolute Gasteiger partial charge is 0.501 e. The van der Waals surface area contributed by atoms with Gasteiger partial charge >= 0.3 is 0 Å². The monoisotopic (exact) mass is 265 g/mol. The standard InChI is InChI=1S/C10H20NO3PS/c1-7(2)9(13-5)6-10(8(3)4)14-15(11,12)16/h6-7,10H,3H2,1-2,4-5H3,(H3,11,12,16). The Balaban J connectivity index is 4.94. The maximum absolute atomic E-state index is 9.33. The predicted molar refractivity (Wildman–Crippen MR) is 70.3 cm³/mol. The Kier molecular flexibility index (Phi) is 6.44. The zero-order chi connectivity index (χ0) is 12.9. The molecule has 0 aliphatic rings. The number of hydrogen-bond donors (Lipinski definition) is 2. The molecular weight excluding hydrogens is 245 g/mol. The van der Waals surface area contributed by atoms with Gasteiger partial charge < -0.3 is 14.2 Å². The quantitative estimate of drug-likeness (QED) is 0.438. The van der Waals surface area contributed by atoms with Crippen molar-refractivity contribution in [3.05, 3.63) is 24.0 Å². The molecule has 0 aromatic carbocycles. The fourth-order valence-electron chi connectivity index (χ4n) is 1.07. The molecule has 0 aliphatic heterocycles. The number of methoxy groups -OCH3 is 1. The van der Waals surface area contributed by atoms with Crippen molar-refractivity contribution >= 4 is 18.4 Å². The summed E-state index contributed by atoms with van der Waals surface area (Å²) in [6.07, 6.45) is 1.22. The number of nitrogens with two attached hydrogens (primary N) is 1. The highest BCUT2D eigenvalue weighted by atomic mass is 32.5. The van der Waals surface area contributed by atoms with Gasteiger partial charge in [-0.3, -0.25) is 5.50 Å². The molecule has 3 N–H and O–H groups in total. The molecule has 0 aromatic rings. The van der Waals surface area contributed by atoms with Crippen LogP contribution >= 0.6 is 6.64 Å². The predicted octanol–water partition coefficient (Wildman–Crippen LogP) is 2.31. The van der Waals surface area contributed by atoms with Crippen molar-refractivity contribution < 1.29 is 14.2 Å². The number of hydrogen-bond acceptors (Lipinski definition) is 3. The number of rotatable bonds is 6. The Bertz CT molecular complexity index is 322. The lowest BCUT2D eigenvalue weighted by atomic mass is 10.1. The molecule has 0 saturated heterocycles. The van der Waals surface area contributed by atoms with Gasteiger partial charge in [-0.15, -0.1) is 0 Å². The van der Waals surface area contributed by atoms with Crippen molar-refractivity contribution in [3.63, 3.8) is 0 Å². The molecule has 0 saturated carbocycles. The van der Waals surface area contributed by atoms with Crippen LogP contribution in [0.5, 0.6) is 0 Å². The summed E-state index contributed by atoms with van der Waals surface area (Å²) in [5, 5.41) is 0. The van der Waals surface area contributed by atoms with Crippen LogP contribution in [0.3, 0.4) is 0 Å². The third-order valence-corrected chi connectivity index (χ3v) is 2.66. The third kappa shape index (κ3) is 6.40. The Labute approximate surface area is 102 Å². The minimum absolute atomic E-state index is 0.213. The van der Waals surface area contributed by atoms with E-state index in [2.05, 4.69) is 18.4 Å². The first kappa shape index (κ1) is 15.8. The summed E-state index contributed by atoms with van der Waals surface area (Å²) in [5.41, 5.74) is 6.03. The second-order valence-corrected chi connectivity index (χ2v) is 6.77. The summed E-state index contributed by atoms with van der Waals surface area (Å²) in [5.74, 6) is 0.959. The molecule has 2 atom stereocenters. The Morgan fingerprint density at radius 2 is 2.06 bits per heavy atom. The van der Waals surface area contributed by atoms with Crippen molar-refractivity contribution in [1.82, 2.24) is 0 Å². The van der Waals surface area contributed by atoms with E-state index in [1.54, 1.807) is 20.1 Å². The Morgan fingerprint density at radius 3 is 2.31 bits per heavy atom. The van der Waals surface area contributed by atoms with E-state index < -0.39 is 12.7 Å². The second kappa shape index (κ2) is 6.52. The average molecular weight is 265 g/mol. The van der Waals surface area contributed by atoms with E-state index in [4.69, 9.17) is 14.8 Å². The maximum atomic E-state index is 9.33. The summed E-state index contributed by atoms with van der Waals surface area (Å²) in [6.45, 7) is 6.32. The van der Waals surface area contributed by atoms with E-state index in [0.717, 1.165) is 5.76 Å². The summed E-state index contributed by atoms with van der Waals surface area (Å²) in [7, 11) is 1.58. The molecule has 0 aliphatic carbocycles. The SMILES string of the molecule is C=C(C)C(C=C(OC)C(C)C)OP(N)(O)=S. The minimum atomic E-state index is -3.20. The molecule has 0 radical (unpaired) electrons. The highest BCUT2D eigenvalue weighted by Crippen LogP contribution is 2.36. The lowest BCUT2D eigenvalue weighted by Gasteiger charge is -2.20. The summed E-state index contributed by atoms with van der Waals surface area (Å²) in [4.78, 5) is 9.33. The van der Waals surface area contributed by atoms with Crippen molar-refractivity contribution in [2.24, 2.45) is 11.4 Å². The van der Waals surface area contributed by atoms with Gasteiger partial charge in [0.1, 0.15) is 6.10 Å². The first-order valence-electron chi connectivity index (χ1n) is 4.88. The zero-order valence-corrected chi connectivity index (χ0v) is 11.8. The molecule has 94 valence electrons. The lowest BCUT2D eigenvalue weighted by Crippen LogP contribution is -2.14. The van der Waals surface area contributed by atoms with Crippen molar-refractivity contribution in [2.45, 2.75) is 26.9 Å². The van der Waals surface area contributed by atoms with Gasteiger partial charge in [-0.05, 0) is 30.4 Å². The average Bonchev–Trinajstić information content (AvgIpc) is 2.09. The fourth-order valence-corrected chi connectivity index (χ4v) is 1.92. The molecule has 0 bridgehead atoms. The van der Waals surface area contributed by atoms with Gasteiger partial charge in [-0.2, -0.15) is 0 Å². The molecule has 0 amide bonds. The van der Waals surface area contributed by atoms with Crippen molar-refractivity contribution in [3.8, 4) is 0 Å². The van der Waals surface area contributed by atoms with Crippen LogP contribution in [-0.2, 0) is 21.1 Å². The van der Waals surface area contributed by atoms with Crippen LogP contribution in [0.4, 0.5) is 0 Å². The highest BCUT2D eigenvalue weighted by molar-refractivity contribution is 8.08. The van der Waals surface area contributed by atoms with Crippen LogP contribution < -0.4 is 5.50 Å². The fraction of sp³-hybridized carbons (Fsp3) is 0.600. The topological polar surface area (TPSA) is 64.7 Å². The zero-order valence-electron chi connectivity index (χ0n) is 10.1. The van der Waals surface area contributed by atoms with Crippen LogP contribution in [0.2, 0.25) is 0 Å². The molecular formula is C10H20NO3PS. The molecule has 0 fully saturated rings. The Hall–Kier alpha value is -0.190. The van der Waals surface area contributed by atoms with Crippen LogP contribution in [-0.4, -0.2) is 18.1 Å². The molecule has 0 aromatic heterocycles. The molecule has 0 rings (SSSR count). The number of ether oxygens (including phenoxy) is 1. The molecule has 6 heteroatoms. The van der Waals surface area contributed by atoms with E-state index >= 15 is 0 Å². The molecule has 4 nitrogen and oxygen atoms in total. The highest BCUT2D eigenvalue weighted by Gasteiger charge is 2.17. The molecule has 2 unspecified atom stereocenters. The summed E-state index contributed by atoms with van der Waals surface area (Å²) in [6, 6.07) is 0. The van der Waals surface area contributed by atoms with Gasteiger partial charge in [-0.25, -0.2) is 0 Å². The van der Waals surface area contributed by atoms with E-state index in [1.807, 2.05) is 13.8 Å². The normalized spacial score (nSPS) is 18.1. The Morgan fingerprint density at radius 1 is 1.56 bits per heavy atom. The molecule has 0 heterocycles.